The summed E-state index contributed by atoms with van der Waals surface area (Å²) >= 11 is 0. The molecule has 1 aliphatic carbocycles. The first-order chi connectivity index (χ1) is 17.4. The van der Waals surface area contributed by atoms with Crippen LogP contribution in [0.3, 0.4) is 0 Å². The number of hydrogen-bond donors (Lipinski definition) is 0. The van der Waals surface area contributed by atoms with E-state index < -0.39 is 17.5 Å². The predicted octanol–water partition coefficient (Wildman–Crippen LogP) is 5.23. The quantitative estimate of drug-likeness (QED) is 0.489. The van der Waals surface area contributed by atoms with Crippen LogP contribution in [0.2, 0.25) is 0 Å². The molecule has 36 heavy (non-hydrogen) atoms. The number of imidazole rings is 1. The van der Waals surface area contributed by atoms with Crippen LogP contribution in [0.5, 0.6) is 0 Å². The molecule has 3 aliphatic rings. The number of rotatable bonds is 5. The van der Waals surface area contributed by atoms with Crippen molar-refractivity contribution in [1.82, 2.24) is 14.5 Å². The first kappa shape index (κ1) is 22.8. The van der Waals surface area contributed by atoms with Gasteiger partial charge in [-0.05, 0) is 56.0 Å². The number of aromatic nitrogens is 2. The van der Waals surface area contributed by atoms with Crippen molar-refractivity contribution in [2.24, 2.45) is 10.9 Å². The summed E-state index contributed by atoms with van der Waals surface area (Å²) < 4.78 is 43.8. The van der Waals surface area contributed by atoms with Crippen LogP contribution in [0.1, 0.15) is 48.7 Å². The molecule has 0 unspecified atom stereocenters. The predicted molar refractivity (Wildman–Crippen MR) is 130 cm³/mol. The average molecular weight is 494 g/mol. The second-order valence-electron chi connectivity index (χ2n) is 9.64. The number of guanidine groups is 1. The molecule has 3 heterocycles. The van der Waals surface area contributed by atoms with E-state index in [1.807, 2.05) is 11.8 Å². The number of anilines is 1. The smallest absolute Gasteiger partial charge is 0.283 e. The fourth-order valence-corrected chi connectivity index (χ4v) is 5.68. The molecule has 0 radical (unpaired) electrons. The number of hydrogen-bond acceptors (Lipinski definition) is 4. The van der Waals surface area contributed by atoms with Crippen LogP contribution in [0, 0.1) is 23.4 Å². The van der Waals surface area contributed by atoms with Crippen LogP contribution in [0.25, 0.3) is 11.4 Å². The van der Waals surface area contributed by atoms with Gasteiger partial charge in [0.25, 0.3) is 5.91 Å². The molecule has 0 N–H and O–H groups in total. The highest BCUT2D eigenvalue weighted by atomic mass is 19.1. The molecule has 1 saturated carbocycles. The Morgan fingerprint density at radius 3 is 2.42 bits per heavy atom. The first-order valence-electron chi connectivity index (χ1n) is 12.4. The van der Waals surface area contributed by atoms with Crippen molar-refractivity contribution in [2.75, 3.05) is 18.0 Å². The Bertz CT molecular complexity index is 1360. The lowest BCUT2D eigenvalue weighted by molar-refractivity contribution is 0.0841. The third-order valence-corrected chi connectivity index (χ3v) is 7.48. The van der Waals surface area contributed by atoms with Crippen molar-refractivity contribution in [3.05, 3.63) is 71.2 Å². The largest absolute Gasteiger partial charge is 0.305 e. The summed E-state index contributed by atoms with van der Waals surface area (Å²) in [6, 6.07) is 9.34. The van der Waals surface area contributed by atoms with E-state index in [0.29, 0.717) is 42.2 Å². The number of aliphatic imine (C=N–C) groups is 1. The van der Waals surface area contributed by atoms with E-state index in [0.717, 1.165) is 18.9 Å². The van der Waals surface area contributed by atoms with Crippen LogP contribution < -0.4 is 4.90 Å². The maximum atomic E-state index is 14.8. The van der Waals surface area contributed by atoms with Crippen molar-refractivity contribution in [3.63, 3.8) is 0 Å². The number of carbonyl (C=O) groups excluding carboxylic acids is 1. The fourth-order valence-electron chi connectivity index (χ4n) is 5.68. The van der Waals surface area contributed by atoms with E-state index in [1.54, 1.807) is 21.6 Å². The van der Waals surface area contributed by atoms with Crippen LogP contribution >= 0.6 is 0 Å². The van der Waals surface area contributed by atoms with E-state index >= 15 is 0 Å². The number of halogens is 3. The van der Waals surface area contributed by atoms with Gasteiger partial charge in [0.05, 0.1) is 19.1 Å². The number of carbonyl (C=O) groups is 1. The summed E-state index contributed by atoms with van der Waals surface area (Å²) in [5, 5.41) is 0. The maximum Gasteiger partial charge on any atom is 0.283 e. The molecule has 6 nitrogen and oxygen atoms in total. The highest BCUT2D eigenvalue weighted by molar-refractivity contribution is 6.18. The Morgan fingerprint density at radius 2 is 1.72 bits per heavy atom. The molecule has 2 aliphatic heterocycles. The molecular weight excluding hydrogens is 467 g/mol. The zero-order valence-electron chi connectivity index (χ0n) is 19.9. The van der Waals surface area contributed by atoms with Gasteiger partial charge in [0.1, 0.15) is 29.1 Å². The average Bonchev–Trinajstić information content (AvgIpc) is 3.60. The van der Waals surface area contributed by atoms with Gasteiger partial charge >= 0.3 is 0 Å². The minimum atomic E-state index is -0.682. The highest BCUT2D eigenvalue weighted by Gasteiger charge is 2.45. The zero-order chi connectivity index (χ0) is 25.0. The monoisotopic (exact) mass is 493 g/mol. The maximum absolute atomic E-state index is 14.8. The molecule has 9 heteroatoms. The van der Waals surface area contributed by atoms with Crippen LogP contribution in [-0.2, 0) is 6.54 Å². The Labute approximate surface area is 207 Å². The van der Waals surface area contributed by atoms with Gasteiger partial charge in [0, 0.05) is 23.7 Å². The first-order valence-corrected chi connectivity index (χ1v) is 12.4. The van der Waals surface area contributed by atoms with E-state index in [9.17, 15) is 18.0 Å². The van der Waals surface area contributed by atoms with Gasteiger partial charge in [-0.15, -0.1) is 0 Å². The van der Waals surface area contributed by atoms with Gasteiger partial charge < -0.3 is 4.57 Å². The summed E-state index contributed by atoms with van der Waals surface area (Å²) in [6.45, 7) is 2.98. The second-order valence-corrected chi connectivity index (χ2v) is 9.64. The Balaban J connectivity index is 1.52. The molecule has 186 valence electrons. The molecule has 0 spiro atoms. The third kappa shape index (κ3) is 3.68. The molecule has 1 amide bonds. The minimum absolute atomic E-state index is 0.0262. The lowest BCUT2D eigenvalue weighted by Crippen LogP contribution is -2.50. The summed E-state index contributed by atoms with van der Waals surface area (Å²) in [5.74, 6) is 0.0136. The third-order valence-electron chi connectivity index (χ3n) is 7.48. The number of benzene rings is 2. The van der Waals surface area contributed by atoms with Crippen LogP contribution in [0.15, 0.2) is 47.5 Å². The van der Waals surface area contributed by atoms with E-state index in [2.05, 4.69) is 0 Å². The minimum Gasteiger partial charge on any atom is -0.305 e. The van der Waals surface area contributed by atoms with Gasteiger partial charge in [-0.2, -0.15) is 0 Å². The molecule has 1 atom stereocenters. The van der Waals surface area contributed by atoms with Gasteiger partial charge in [-0.1, -0.05) is 18.9 Å². The van der Waals surface area contributed by atoms with E-state index in [-0.39, 0.29) is 29.8 Å². The van der Waals surface area contributed by atoms with Gasteiger partial charge in [0.2, 0.25) is 5.96 Å². The van der Waals surface area contributed by atoms with Crippen LogP contribution in [-0.4, -0.2) is 45.4 Å². The summed E-state index contributed by atoms with van der Waals surface area (Å²) in [4.78, 5) is 27.0. The van der Waals surface area contributed by atoms with E-state index in [4.69, 9.17) is 9.98 Å². The van der Waals surface area contributed by atoms with Crippen LogP contribution in [0.4, 0.5) is 19.0 Å². The highest BCUT2D eigenvalue weighted by Crippen LogP contribution is 2.40. The van der Waals surface area contributed by atoms with Gasteiger partial charge in [-0.3, -0.25) is 14.6 Å². The van der Waals surface area contributed by atoms with Crippen molar-refractivity contribution >= 4 is 17.7 Å². The molecule has 1 aromatic heterocycles. The second kappa shape index (κ2) is 8.80. The molecular formula is C27H26F3N5O. The van der Waals surface area contributed by atoms with Crippen molar-refractivity contribution < 1.29 is 18.0 Å². The number of nitrogens with zero attached hydrogens (tertiary/aromatic N) is 5. The van der Waals surface area contributed by atoms with Gasteiger partial charge in [-0.25, -0.2) is 23.1 Å². The SMILES string of the molecule is CCN1C(=O)c2nc(-c3ccc(F)cc3)n(Cc3ccc(F)cc3F)c2N2C[C@@H](C3CCCC3)N=C12. The Hall–Kier alpha value is -3.62. The number of fused-ring (bicyclic) bond motifs is 3. The van der Waals surface area contributed by atoms with Crippen molar-refractivity contribution in [2.45, 2.75) is 45.2 Å². The molecule has 1 fully saturated rings. The van der Waals surface area contributed by atoms with Crippen molar-refractivity contribution in [1.29, 1.82) is 0 Å². The summed E-state index contributed by atoms with van der Waals surface area (Å²) in [6.07, 6.45) is 4.60. The Morgan fingerprint density at radius 1 is 1.00 bits per heavy atom. The standard InChI is InChI=1S/C27H26F3N5O/c1-2-33-26(36)23-25(35-15-22(31-27(33)35)16-5-3-4-6-16)34(14-18-9-12-20(29)13-21(18)30)24(32-23)17-7-10-19(28)11-8-17/h7-13,16,22H,2-6,14-15H2,1H3/t22-/m0/s1. The topological polar surface area (TPSA) is 53.7 Å². The fraction of sp³-hybridized carbons (Fsp3) is 0.370. The van der Waals surface area contributed by atoms with Gasteiger partial charge in [0.15, 0.2) is 5.69 Å². The normalized spacial score (nSPS) is 19.6. The molecule has 0 bridgehead atoms. The lowest BCUT2D eigenvalue weighted by Gasteiger charge is -2.34. The molecule has 6 rings (SSSR count). The number of amides is 1. The molecule has 2 aromatic carbocycles. The summed E-state index contributed by atoms with van der Waals surface area (Å²) in [5.41, 5.74) is 1.11. The Kier molecular flexibility index (Phi) is 5.58. The summed E-state index contributed by atoms with van der Waals surface area (Å²) in [7, 11) is 0. The molecule has 3 aromatic rings. The van der Waals surface area contributed by atoms with Crippen molar-refractivity contribution in [3.8, 4) is 11.4 Å². The lowest BCUT2D eigenvalue weighted by atomic mass is 9.99. The van der Waals surface area contributed by atoms with E-state index in [1.165, 1.54) is 37.1 Å². The molecule has 0 saturated heterocycles. The zero-order valence-corrected chi connectivity index (χ0v) is 19.9.